The Labute approximate surface area is 114 Å². The van der Waals surface area contributed by atoms with E-state index in [0.29, 0.717) is 25.7 Å². The SMILES string of the molecule is CC(C)CN(C)CC(O)c1ccc2c(c1)OCCO2. The predicted molar refractivity (Wildman–Crippen MR) is 74.7 cm³/mol. The van der Waals surface area contributed by atoms with Crippen LogP contribution in [0.4, 0.5) is 0 Å². The van der Waals surface area contributed by atoms with E-state index in [0.717, 1.165) is 23.6 Å². The van der Waals surface area contributed by atoms with Crippen LogP contribution in [-0.4, -0.2) is 43.4 Å². The molecule has 1 unspecified atom stereocenters. The van der Waals surface area contributed by atoms with Gasteiger partial charge in [-0.25, -0.2) is 0 Å². The maximum Gasteiger partial charge on any atom is 0.161 e. The first-order chi connectivity index (χ1) is 9.06. The molecule has 0 aromatic heterocycles. The minimum absolute atomic E-state index is 0.500. The zero-order chi connectivity index (χ0) is 13.8. The van der Waals surface area contributed by atoms with E-state index in [2.05, 4.69) is 18.7 Å². The normalized spacial score (nSPS) is 15.9. The van der Waals surface area contributed by atoms with Crippen molar-refractivity contribution < 1.29 is 14.6 Å². The highest BCUT2D eigenvalue weighted by molar-refractivity contribution is 5.44. The number of rotatable bonds is 5. The molecule has 1 aliphatic rings. The van der Waals surface area contributed by atoms with Crippen LogP contribution in [0.5, 0.6) is 11.5 Å². The zero-order valence-electron chi connectivity index (χ0n) is 11.9. The molecule has 0 radical (unpaired) electrons. The van der Waals surface area contributed by atoms with Crippen molar-refractivity contribution in [2.24, 2.45) is 5.92 Å². The summed E-state index contributed by atoms with van der Waals surface area (Å²) in [5.41, 5.74) is 0.875. The fourth-order valence-corrected chi connectivity index (χ4v) is 2.37. The van der Waals surface area contributed by atoms with Gasteiger partial charge in [0.25, 0.3) is 0 Å². The van der Waals surface area contributed by atoms with E-state index < -0.39 is 6.10 Å². The molecule has 1 heterocycles. The van der Waals surface area contributed by atoms with Gasteiger partial charge in [-0.05, 0) is 30.7 Å². The van der Waals surface area contributed by atoms with Gasteiger partial charge in [0.15, 0.2) is 11.5 Å². The molecule has 1 aliphatic heterocycles. The molecule has 1 atom stereocenters. The lowest BCUT2D eigenvalue weighted by atomic mass is 10.1. The van der Waals surface area contributed by atoms with Crippen molar-refractivity contribution in [3.05, 3.63) is 23.8 Å². The largest absolute Gasteiger partial charge is 0.486 e. The molecule has 0 aliphatic carbocycles. The average molecular weight is 265 g/mol. The van der Waals surface area contributed by atoms with Crippen molar-refractivity contribution in [3.8, 4) is 11.5 Å². The second-order valence-electron chi connectivity index (χ2n) is 5.53. The lowest BCUT2D eigenvalue weighted by Gasteiger charge is -2.24. The monoisotopic (exact) mass is 265 g/mol. The third kappa shape index (κ3) is 3.85. The Morgan fingerprint density at radius 2 is 1.84 bits per heavy atom. The Morgan fingerprint density at radius 3 is 2.53 bits per heavy atom. The summed E-state index contributed by atoms with van der Waals surface area (Å²) in [5.74, 6) is 2.09. The molecule has 0 spiro atoms. The molecule has 106 valence electrons. The maximum atomic E-state index is 10.3. The molecule has 0 saturated heterocycles. The van der Waals surface area contributed by atoms with Gasteiger partial charge in [-0.15, -0.1) is 0 Å². The average Bonchev–Trinajstić information content (AvgIpc) is 2.37. The van der Waals surface area contributed by atoms with Gasteiger partial charge in [-0.2, -0.15) is 0 Å². The fraction of sp³-hybridized carbons (Fsp3) is 0.600. The Balaban J connectivity index is 2.00. The van der Waals surface area contributed by atoms with Gasteiger partial charge in [-0.3, -0.25) is 0 Å². The van der Waals surface area contributed by atoms with Crippen LogP contribution in [0.15, 0.2) is 18.2 Å². The summed E-state index contributed by atoms with van der Waals surface area (Å²) in [6, 6.07) is 5.65. The van der Waals surface area contributed by atoms with E-state index in [9.17, 15) is 5.11 Å². The van der Waals surface area contributed by atoms with Gasteiger partial charge in [0.2, 0.25) is 0 Å². The fourth-order valence-electron chi connectivity index (χ4n) is 2.37. The number of aliphatic hydroxyl groups is 1. The van der Waals surface area contributed by atoms with Crippen LogP contribution >= 0.6 is 0 Å². The van der Waals surface area contributed by atoms with Crippen molar-refractivity contribution in [2.45, 2.75) is 20.0 Å². The van der Waals surface area contributed by atoms with Gasteiger partial charge in [0, 0.05) is 13.1 Å². The number of likely N-dealkylation sites (N-methyl/N-ethyl adjacent to an activating group) is 1. The minimum atomic E-state index is -0.500. The Morgan fingerprint density at radius 1 is 1.16 bits per heavy atom. The molecule has 4 heteroatoms. The molecular formula is C15H23NO3. The lowest BCUT2D eigenvalue weighted by molar-refractivity contribution is 0.119. The lowest BCUT2D eigenvalue weighted by Crippen LogP contribution is -2.28. The van der Waals surface area contributed by atoms with Gasteiger partial charge >= 0.3 is 0 Å². The maximum absolute atomic E-state index is 10.3. The van der Waals surface area contributed by atoms with Gasteiger partial charge < -0.3 is 19.5 Å². The number of nitrogens with zero attached hydrogens (tertiary/aromatic N) is 1. The summed E-state index contributed by atoms with van der Waals surface area (Å²) < 4.78 is 11.0. The van der Waals surface area contributed by atoms with Crippen molar-refractivity contribution in [2.75, 3.05) is 33.4 Å². The molecule has 1 aromatic rings. The first kappa shape index (κ1) is 14.2. The van der Waals surface area contributed by atoms with E-state index in [4.69, 9.17) is 9.47 Å². The van der Waals surface area contributed by atoms with Crippen molar-refractivity contribution in [3.63, 3.8) is 0 Å². The van der Waals surface area contributed by atoms with Crippen molar-refractivity contribution in [1.82, 2.24) is 4.90 Å². The summed E-state index contributed by atoms with van der Waals surface area (Å²) in [6.07, 6.45) is -0.500. The summed E-state index contributed by atoms with van der Waals surface area (Å²) in [7, 11) is 2.03. The van der Waals surface area contributed by atoms with Crippen LogP contribution in [0.3, 0.4) is 0 Å². The van der Waals surface area contributed by atoms with Crippen LogP contribution in [0.2, 0.25) is 0 Å². The number of hydrogen-bond acceptors (Lipinski definition) is 4. The van der Waals surface area contributed by atoms with E-state index >= 15 is 0 Å². The van der Waals surface area contributed by atoms with Crippen LogP contribution in [0.25, 0.3) is 0 Å². The number of aliphatic hydroxyl groups excluding tert-OH is 1. The second kappa shape index (κ2) is 6.26. The molecular weight excluding hydrogens is 242 g/mol. The van der Waals surface area contributed by atoms with Crippen molar-refractivity contribution in [1.29, 1.82) is 0 Å². The zero-order valence-corrected chi connectivity index (χ0v) is 11.9. The quantitative estimate of drug-likeness (QED) is 0.885. The van der Waals surface area contributed by atoms with Gasteiger partial charge in [0.05, 0.1) is 6.10 Å². The third-order valence-corrected chi connectivity index (χ3v) is 3.11. The van der Waals surface area contributed by atoms with Gasteiger partial charge in [0.1, 0.15) is 13.2 Å². The highest BCUT2D eigenvalue weighted by atomic mass is 16.6. The van der Waals surface area contributed by atoms with Crippen LogP contribution in [0.1, 0.15) is 25.5 Å². The molecule has 4 nitrogen and oxygen atoms in total. The standard InChI is InChI=1S/C15H23NO3/c1-11(2)9-16(3)10-13(17)12-4-5-14-15(8-12)19-7-6-18-14/h4-5,8,11,13,17H,6-7,9-10H2,1-3H3. The minimum Gasteiger partial charge on any atom is -0.486 e. The van der Waals surface area contributed by atoms with E-state index in [1.807, 2.05) is 25.2 Å². The first-order valence-electron chi connectivity index (χ1n) is 6.82. The van der Waals surface area contributed by atoms with Crippen LogP contribution in [0, 0.1) is 5.92 Å². The molecule has 0 bridgehead atoms. The molecule has 0 saturated carbocycles. The highest BCUT2D eigenvalue weighted by Crippen LogP contribution is 2.32. The molecule has 0 fully saturated rings. The summed E-state index contributed by atoms with van der Waals surface area (Å²) >= 11 is 0. The van der Waals surface area contributed by atoms with E-state index in [1.165, 1.54) is 0 Å². The molecule has 1 aromatic carbocycles. The molecule has 19 heavy (non-hydrogen) atoms. The first-order valence-corrected chi connectivity index (χ1v) is 6.82. The number of ether oxygens (including phenoxy) is 2. The third-order valence-electron chi connectivity index (χ3n) is 3.11. The summed E-state index contributed by atoms with van der Waals surface area (Å²) in [5, 5.41) is 10.3. The van der Waals surface area contributed by atoms with Crippen LogP contribution < -0.4 is 9.47 Å². The van der Waals surface area contributed by atoms with Crippen LogP contribution in [-0.2, 0) is 0 Å². The number of benzene rings is 1. The highest BCUT2D eigenvalue weighted by Gasteiger charge is 2.16. The predicted octanol–water partition coefficient (Wildman–Crippen LogP) is 2.08. The van der Waals surface area contributed by atoms with Crippen molar-refractivity contribution >= 4 is 0 Å². The molecule has 1 N–H and O–H groups in total. The topological polar surface area (TPSA) is 41.9 Å². The Hall–Kier alpha value is -1.26. The number of hydrogen-bond donors (Lipinski definition) is 1. The molecule has 2 rings (SSSR count). The Bertz CT molecular complexity index is 420. The number of fused-ring (bicyclic) bond motifs is 1. The smallest absolute Gasteiger partial charge is 0.161 e. The molecule has 0 amide bonds. The van der Waals surface area contributed by atoms with Gasteiger partial charge in [-0.1, -0.05) is 19.9 Å². The Kier molecular flexibility index (Phi) is 4.66. The summed E-state index contributed by atoms with van der Waals surface area (Å²) in [6.45, 7) is 7.10. The summed E-state index contributed by atoms with van der Waals surface area (Å²) in [4.78, 5) is 2.14. The van der Waals surface area contributed by atoms with E-state index in [-0.39, 0.29) is 0 Å². The van der Waals surface area contributed by atoms with E-state index in [1.54, 1.807) is 0 Å². The second-order valence-corrected chi connectivity index (χ2v) is 5.53.